The summed E-state index contributed by atoms with van der Waals surface area (Å²) < 4.78 is 0. The van der Waals surface area contributed by atoms with Crippen LogP contribution in [0.5, 0.6) is 0 Å². The minimum absolute atomic E-state index is 0.105. The number of carbonyl (C=O) groups is 2. The highest BCUT2D eigenvalue weighted by molar-refractivity contribution is 5.94. The lowest BCUT2D eigenvalue weighted by molar-refractivity contribution is -0.137. The van der Waals surface area contributed by atoms with Gasteiger partial charge in [0.05, 0.1) is 6.54 Å². The first-order valence-corrected chi connectivity index (χ1v) is 7.68. The van der Waals surface area contributed by atoms with E-state index in [1.807, 2.05) is 31.2 Å². The normalized spacial score (nSPS) is 15.5. The maximum absolute atomic E-state index is 12.3. The van der Waals surface area contributed by atoms with Gasteiger partial charge in [0.2, 0.25) is 11.8 Å². The van der Waals surface area contributed by atoms with Gasteiger partial charge in [0, 0.05) is 18.7 Å². The predicted molar refractivity (Wildman–Crippen MR) is 84.0 cm³/mol. The maximum Gasteiger partial charge on any atom is 0.243 e. The van der Waals surface area contributed by atoms with E-state index in [1.54, 1.807) is 11.9 Å². The van der Waals surface area contributed by atoms with Crippen LogP contribution >= 0.6 is 0 Å². The van der Waals surface area contributed by atoms with Crippen LogP contribution in [0.4, 0.5) is 5.69 Å². The van der Waals surface area contributed by atoms with Crippen LogP contribution in [0.1, 0.15) is 37.7 Å². The minimum atomic E-state index is -0.148. The van der Waals surface area contributed by atoms with E-state index in [0.717, 1.165) is 36.9 Å². The summed E-state index contributed by atoms with van der Waals surface area (Å²) in [6.07, 6.45) is 5.40. The zero-order valence-electron chi connectivity index (χ0n) is 12.9. The molecule has 0 atom stereocenters. The highest BCUT2D eigenvalue weighted by Crippen LogP contribution is 2.25. The molecule has 0 radical (unpaired) electrons. The first-order valence-electron chi connectivity index (χ1n) is 7.68. The van der Waals surface area contributed by atoms with Crippen molar-refractivity contribution >= 4 is 17.5 Å². The highest BCUT2D eigenvalue weighted by Gasteiger charge is 2.24. The second kappa shape index (κ2) is 7.25. The number of nitrogens with one attached hydrogen (secondary N) is 1. The van der Waals surface area contributed by atoms with Crippen LogP contribution in [-0.4, -0.2) is 30.3 Å². The molecule has 0 saturated heterocycles. The number of nitrogens with zero attached hydrogens (tertiary/aromatic N) is 1. The Balaban J connectivity index is 1.83. The molecule has 0 aromatic heterocycles. The van der Waals surface area contributed by atoms with Gasteiger partial charge in [0.15, 0.2) is 0 Å². The Labute approximate surface area is 126 Å². The van der Waals surface area contributed by atoms with Gasteiger partial charge in [-0.15, -0.1) is 0 Å². The van der Waals surface area contributed by atoms with Crippen LogP contribution < -0.4 is 5.32 Å². The third kappa shape index (κ3) is 4.59. The molecular weight excluding hydrogens is 264 g/mol. The molecule has 1 aromatic carbocycles. The number of carbonyl (C=O) groups excluding carboxylic acids is 2. The molecule has 0 heterocycles. The van der Waals surface area contributed by atoms with Gasteiger partial charge in [-0.3, -0.25) is 9.59 Å². The van der Waals surface area contributed by atoms with Crippen LogP contribution in [0.25, 0.3) is 0 Å². The smallest absolute Gasteiger partial charge is 0.243 e. The Morgan fingerprint density at radius 2 is 1.76 bits per heavy atom. The number of aryl methyl sites for hydroxylation is 1. The molecule has 1 aromatic rings. The van der Waals surface area contributed by atoms with Gasteiger partial charge in [-0.05, 0) is 31.9 Å². The molecule has 21 heavy (non-hydrogen) atoms. The van der Waals surface area contributed by atoms with E-state index in [4.69, 9.17) is 0 Å². The number of likely N-dealkylation sites (N-methyl/N-ethyl adjacent to an activating group) is 1. The van der Waals surface area contributed by atoms with Gasteiger partial charge < -0.3 is 10.2 Å². The lowest BCUT2D eigenvalue weighted by Crippen LogP contribution is -2.39. The van der Waals surface area contributed by atoms with E-state index in [0.29, 0.717) is 0 Å². The Morgan fingerprint density at radius 1 is 1.14 bits per heavy atom. The van der Waals surface area contributed by atoms with Crippen molar-refractivity contribution in [2.45, 2.75) is 39.0 Å². The van der Waals surface area contributed by atoms with Gasteiger partial charge >= 0.3 is 0 Å². The minimum Gasteiger partial charge on any atom is -0.336 e. The second-order valence-corrected chi connectivity index (χ2v) is 5.94. The number of hydrogen-bond acceptors (Lipinski definition) is 2. The second-order valence-electron chi connectivity index (χ2n) is 5.94. The molecule has 4 nitrogen and oxygen atoms in total. The van der Waals surface area contributed by atoms with Gasteiger partial charge in [-0.2, -0.15) is 0 Å². The summed E-state index contributed by atoms with van der Waals surface area (Å²) in [5.74, 6) is 0.0650. The highest BCUT2D eigenvalue weighted by atomic mass is 16.2. The summed E-state index contributed by atoms with van der Waals surface area (Å²) in [6, 6.07) is 7.64. The van der Waals surface area contributed by atoms with Crippen molar-refractivity contribution in [1.29, 1.82) is 0 Å². The molecule has 1 fully saturated rings. The average Bonchev–Trinajstić information content (AvgIpc) is 2.49. The van der Waals surface area contributed by atoms with Gasteiger partial charge in [-0.25, -0.2) is 0 Å². The van der Waals surface area contributed by atoms with Crippen LogP contribution in [0.3, 0.4) is 0 Å². The summed E-state index contributed by atoms with van der Waals surface area (Å²) >= 11 is 0. The zero-order chi connectivity index (χ0) is 15.2. The van der Waals surface area contributed by atoms with Crippen molar-refractivity contribution in [1.82, 2.24) is 4.90 Å². The Kier molecular flexibility index (Phi) is 5.37. The number of amides is 2. The number of rotatable bonds is 4. The van der Waals surface area contributed by atoms with Crippen molar-refractivity contribution in [3.05, 3.63) is 29.8 Å². The number of hydrogen-bond donors (Lipinski definition) is 1. The van der Waals surface area contributed by atoms with Crippen molar-refractivity contribution in [2.75, 3.05) is 18.9 Å². The van der Waals surface area contributed by atoms with E-state index in [-0.39, 0.29) is 24.3 Å². The fourth-order valence-electron chi connectivity index (χ4n) is 2.79. The Bertz CT molecular complexity index is 490. The summed E-state index contributed by atoms with van der Waals surface area (Å²) in [7, 11) is 1.71. The van der Waals surface area contributed by atoms with Gasteiger partial charge in [0.25, 0.3) is 0 Å². The molecule has 0 spiro atoms. The third-order valence-corrected chi connectivity index (χ3v) is 4.05. The summed E-state index contributed by atoms with van der Waals surface area (Å²) in [6.45, 7) is 2.12. The molecule has 0 bridgehead atoms. The van der Waals surface area contributed by atoms with Crippen LogP contribution in [0.2, 0.25) is 0 Å². The largest absolute Gasteiger partial charge is 0.336 e. The molecule has 2 amide bonds. The lowest BCUT2D eigenvalue weighted by atomic mass is 9.88. The van der Waals surface area contributed by atoms with Crippen molar-refractivity contribution in [3.8, 4) is 0 Å². The Hall–Kier alpha value is -1.84. The van der Waals surface area contributed by atoms with Crippen LogP contribution in [-0.2, 0) is 9.59 Å². The third-order valence-electron chi connectivity index (χ3n) is 4.05. The fraction of sp³-hybridized carbons (Fsp3) is 0.529. The molecule has 0 unspecified atom stereocenters. The summed E-state index contributed by atoms with van der Waals surface area (Å²) in [5, 5.41) is 2.83. The topological polar surface area (TPSA) is 49.4 Å². The molecule has 2 rings (SSSR count). The molecule has 1 aliphatic carbocycles. The number of anilines is 1. The van der Waals surface area contributed by atoms with Crippen molar-refractivity contribution in [3.63, 3.8) is 0 Å². The molecule has 1 N–H and O–H groups in total. The quantitative estimate of drug-likeness (QED) is 0.926. The van der Waals surface area contributed by atoms with E-state index in [9.17, 15) is 9.59 Å². The monoisotopic (exact) mass is 288 g/mol. The lowest BCUT2D eigenvalue weighted by Gasteiger charge is -2.26. The van der Waals surface area contributed by atoms with E-state index in [2.05, 4.69) is 5.32 Å². The first-order chi connectivity index (χ1) is 10.1. The van der Waals surface area contributed by atoms with Gasteiger partial charge in [-0.1, -0.05) is 37.0 Å². The standard InChI is InChI=1S/C17H24N2O2/c1-13-8-10-15(11-9-13)18-16(20)12-19(2)17(21)14-6-4-3-5-7-14/h8-11,14H,3-7,12H2,1-2H3,(H,18,20). The molecule has 0 aliphatic heterocycles. The summed E-state index contributed by atoms with van der Waals surface area (Å²) in [5.41, 5.74) is 1.92. The maximum atomic E-state index is 12.3. The fourth-order valence-corrected chi connectivity index (χ4v) is 2.79. The van der Waals surface area contributed by atoms with E-state index < -0.39 is 0 Å². The molecular formula is C17H24N2O2. The average molecular weight is 288 g/mol. The van der Waals surface area contributed by atoms with E-state index in [1.165, 1.54) is 6.42 Å². The molecule has 1 aliphatic rings. The predicted octanol–water partition coefficient (Wildman–Crippen LogP) is 2.97. The van der Waals surface area contributed by atoms with Crippen molar-refractivity contribution in [2.24, 2.45) is 5.92 Å². The molecule has 4 heteroatoms. The number of benzene rings is 1. The van der Waals surface area contributed by atoms with E-state index >= 15 is 0 Å². The zero-order valence-corrected chi connectivity index (χ0v) is 12.9. The molecule has 114 valence electrons. The van der Waals surface area contributed by atoms with Gasteiger partial charge in [0.1, 0.15) is 0 Å². The molecule has 1 saturated carbocycles. The van der Waals surface area contributed by atoms with Crippen molar-refractivity contribution < 1.29 is 9.59 Å². The first kappa shape index (κ1) is 15.5. The SMILES string of the molecule is Cc1ccc(NC(=O)CN(C)C(=O)C2CCCCC2)cc1. The Morgan fingerprint density at radius 3 is 2.38 bits per heavy atom. The van der Waals surface area contributed by atoms with Crippen LogP contribution in [0.15, 0.2) is 24.3 Å². The summed E-state index contributed by atoms with van der Waals surface area (Å²) in [4.78, 5) is 25.8. The van der Waals surface area contributed by atoms with Crippen LogP contribution in [0, 0.1) is 12.8 Å².